The van der Waals surface area contributed by atoms with E-state index in [0.717, 1.165) is 25.9 Å². The van der Waals surface area contributed by atoms with E-state index in [2.05, 4.69) is 15.5 Å². The Kier molecular flexibility index (Phi) is 2.25. The molecule has 2 rings (SSSR count). The maximum atomic E-state index is 12.4. The zero-order chi connectivity index (χ0) is 10.2. The standard InChI is InChI=1S/C8H12F3N3/c9-8(10,11)7(13-14-7)5-6-1-3-12-4-2-6/h6,12H,1-5H2. The van der Waals surface area contributed by atoms with Crippen molar-refractivity contribution in [3.05, 3.63) is 0 Å². The number of rotatable bonds is 2. The second-order valence-electron chi connectivity index (χ2n) is 3.91. The second kappa shape index (κ2) is 3.18. The summed E-state index contributed by atoms with van der Waals surface area (Å²) >= 11 is 0. The van der Waals surface area contributed by atoms with E-state index in [4.69, 9.17) is 0 Å². The Labute approximate surface area is 79.8 Å². The molecule has 0 saturated carbocycles. The van der Waals surface area contributed by atoms with Crippen molar-refractivity contribution < 1.29 is 13.2 Å². The molecule has 6 heteroatoms. The van der Waals surface area contributed by atoms with Crippen LogP contribution in [-0.2, 0) is 0 Å². The van der Waals surface area contributed by atoms with Gasteiger partial charge in [0.1, 0.15) is 0 Å². The Balaban J connectivity index is 1.90. The number of hydrogen-bond acceptors (Lipinski definition) is 3. The third kappa shape index (κ3) is 1.75. The van der Waals surface area contributed by atoms with Gasteiger partial charge in [0.2, 0.25) is 0 Å². The molecule has 1 N–H and O–H groups in total. The number of alkyl halides is 3. The fourth-order valence-corrected chi connectivity index (χ4v) is 1.86. The minimum Gasteiger partial charge on any atom is -0.317 e. The Morgan fingerprint density at radius 1 is 1.21 bits per heavy atom. The van der Waals surface area contributed by atoms with E-state index in [0.29, 0.717) is 0 Å². The molecule has 1 fully saturated rings. The molecule has 0 aromatic carbocycles. The molecule has 1 saturated heterocycles. The molecule has 2 aliphatic rings. The predicted octanol–water partition coefficient (Wildman–Crippen LogP) is 2.10. The number of halogens is 3. The van der Waals surface area contributed by atoms with Gasteiger partial charge in [0.15, 0.2) is 0 Å². The number of piperidine rings is 1. The molecule has 2 aliphatic heterocycles. The highest BCUT2D eigenvalue weighted by Gasteiger charge is 2.64. The van der Waals surface area contributed by atoms with Crippen LogP contribution in [0.4, 0.5) is 13.2 Å². The van der Waals surface area contributed by atoms with E-state index < -0.39 is 11.8 Å². The summed E-state index contributed by atoms with van der Waals surface area (Å²) in [4.78, 5) is 0. The van der Waals surface area contributed by atoms with Crippen molar-refractivity contribution >= 4 is 0 Å². The van der Waals surface area contributed by atoms with Crippen LogP contribution in [0.2, 0.25) is 0 Å². The molecule has 0 aromatic heterocycles. The summed E-state index contributed by atoms with van der Waals surface area (Å²) in [5, 5.41) is 9.47. The van der Waals surface area contributed by atoms with Gasteiger partial charge in [-0.15, -0.1) is 10.2 Å². The molecule has 0 bridgehead atoms. The topological polar surface area (TPSA) is 36.8 Å². The lowest BCUT2D eigenvalue weighted by Crippen LogP contribution is -2.37. The van der Waals surface area contributed by atoms with Crippen LogP contribution in [0, 0.1) is 5.92 Å². The molecule has 2 heterocycles. The maximum absolute atomic E-state index is 12.4. The Morgan fingerprint density at radius 2 is 1.79 bits per heavy atom. The SMILES string of the molecule is FC(F)(F)C1(CC2CCNCC2)N=N1. The van der Waals surface area contributed by atoms with Crippen molar-refractivity contribution in [2.75, 3.05) is 13.1 Å². The molecular weight excluding hydrogens is 195 g/mol. The summed E-state index contributed by atoms with van der Waals surface area (Å²) in [7, 11) is 0. The van der Waals surface area contributed by atoms with Gasteiger partial charge in [-0.1, -0.05) is 0 Å². The summed E-state index contributed by atoms with van der Waals surface area (Å²) in [6.45, 7) is 1.61. The van der Waals surface area contributed by atoms with Gasteiger partial charge in [-0.2, -0.15) is 13.2 Å². The largest absolute Gasteiger partial charge is 0.437 e. The van der Waals surface area contributed by atoms with Crippen LogP contribution in [-0.4, -0.2) is 24.9 Å². The molecule has 0 aliphatic carbocycles. The Morgan fingerprint density at radius 3 is 2.21 bits per heavy atom. The second-order valence-corrected chi connectivity index (χ2v) is 3.91. The number of hydrogen-bond donors (Lipinski definition) is 1. The number of nitrogens with one attached hydrogen (secondary N) is 1. The van der Waals surface area contributed by atoms with E-state index in [1.54, 1.807) is 0 Å². The van der Waals surface area contributed by atoms with Gasteiger partial charge in [-0.05, 0) is 31.8 Å². The van der Waals surface area contributed by atoms with Crippen molar-refractivity contribution in [3.8, 4) is 0 Å². The summed E-state index contributed by atoms with van der Waals surface area (Å²) in [6.07, 6.45) is -2.66. The minimum atomic E-state index is -4.29. The zero-order valence-corrected chi connectivity index (χ0v) is 7.64. The van der Waals surface area contributed by atoms with E-state index >= 15 is 0 Å². The first kappa shape index (κ1) is 9.89. The average molecular weight is 207 g/mol. The van der Waals surface area contributed by atoms with Gasteiger partial charge >= 0.3 is 6.18 Å². The van der Waals surface area contributed by atoms with E-state index in [1.807, 2.05) is 0 Å². The summed E-state index contributed by atoms with van der Waals surface area (Å²) in [5.74, 6) is 0.105. The first-order valence-electron chi connectivity index (χ1n) is 4.75. The first-order chi connectivity index (χ1) is 6.54. The van der Waals surface area contributed by atoms with Crippen molar-refractivity contribution in [1.29, 1.82) is 0 Å². The fourth-order valence-electron chi connectivity index (χ4n) is 1.86. The van der Waals surface area contributed by atoms with Crippen molar-refractivity contribution in [3.63, 3.8) is 0 Å². The fraction of sp³-hybridized carbons (Fsp3) is 1.00. The van der Waals surface area contributed by atoms with Crippen LogP contribution in [0.3, 0.4) is 0 Å². The van der Waals surface area contributed by atoms with Crippen LogP contribution in [0.5, 0.6) is 0 Å². The van der Waals surface area contributed by atoms with Crippen molar-refractivity contribution in [2.24, 2.45) is 16.1 Å². The number of nitrogens with zero attached hydrogens (tertiary/aromatic N) is 2. The lowest BCUT2D eigenvalue weighted by atomic mass is 9.89. The quantitative estimate of drug-likeness (QED) is 0.739. The van der Waals surface area contributed by atoms with E-state index in [9.17, 15) is 13.2 Å². The highest BCUT2D eigenvalue weighted by molar-refractivity contribution is 5.01. The van der Waals surface area contributed by atoms with Gasteiger partial charge in [0.25, 0.3) is 5.66 Å². The van der Waals surface area contributed by atoms with E-state index in [1.165, 1.54) is 0 Å². The van der Waals surface area contributed by atoms with Crippen molar-refractivity contribution in [1.82, 2.24) is 5.32 Å². The monoisotopic (exact) mass is 207 g/mol. The molecule has 3 nitrogen and oxygen atoms in total. The average Bonchev–Trinajstić information content (AvgIpc) is 2.86. The third-order valence-electron chi connectivity index (χ3n) is 2.83. The van der Waals surface area contributed by atoms with Crippen LogP contribution in [0.1, 0.15) is 19.3 Å². The Bertz CT molecular complexity index is 237. The molecule has 0 radical (unpaired) electrons. The molecule has 14 heavy (non-hydrogen) atoms. The minimum absolute atomic E-state index is 0.0399. The lowest BCUT2D eigenvalue weighted by molar-refractivity contribution is -0.168. The summed E-state index contributed by atoms with van der Waals surface area (Å²) < 4.78 is 37.3. The highest BCUT2D eigenvalue weighted by atomic mass is 19.4. The van der Waals surface area contributed by atoms with Crippen LogP contribution >= 0.6 is 0 Å². The molecular formula is C8H12F3N3. The van der Waals surface area contributed by atoms with Gasteiger partial charge in [-0.25, -0.2) is 0 Å². The smallest absolute Gasteiger partial charge is 0.317 e. The van der Waals surface area contributed by atoms with Gasteiger partial charge < -0.3 is 5.32 Å². The van der Waals surface area contributed by atoms with Crippen LogP contribution in [0.15, 0.2) is 10.2 Å². The normalized spacial score (nSPS) is 26.5. The van der Waals surface area contributed by atoms with Gasteiger partial charge in [-0.3, -0.25) is 0 Å². The lowest BCUT2D eigenvalue weighted by Gasteiger charge is -2.25. The molecule has 0 spiro atoms. The highest BCUT2D eigenvalue weighted by Crippen LogP contribution is 2.49. The zero-order valence-electron chi connectivity index (χ0n) is 7.64. The summed E-state index contributed by atoms with van der Waals surface area (Å²) in [5.41, 5.74) is -2.03. The molecule has 80 valence electrons. The molecule has 0 unspecified atom stereocenters. The summed E-state index contributed by atoms with van der Waals surface area (Å²) in [6, 6.07) is 0. The van der Waals surface area contributed by atoms with Crippen LogP contribution < -0.4 is 5.32 Å². The first-order valence-corrected chi connectivity index (χ1v) is 4.75. The van der Waals surface area contributed by atoms with E-state index in [-0.39, 0.29) is 12.3 Å². The molecule has 0 atom stereocenters. The maximum Gasteiger partial charge on any atom is 0.437 e. The Hall–Kier alpha value is -0.650. The molecule has 0 aromatic rings. The van der Waals surface area contributed by atoms with Gasteiger partial charge in [0.05, 0.1) is 0 Å². The van der Waals surface area contributed by atoms with Crippen molar-refractivity contribution in [2.45, 2.75) is 31.1 Å². The molecule has 0 amide bonds. The van der Waals surface area contributed by atoms with Gasteiger partial charge in [0, 0.05) is 6.42 Å². The predicted molar refractivity (Wildman–Crippen MR) is 43.9 cm³/mol. The third-order valence-corrected chi connectivity index (χ3v) is 2.83. The van der Waals surface area contributed by atoms with Crippen LogP contribution in [0.25, 0.3) is 0 Å².